The molecule has 0 aromatic heterocycles. The van der Waals surface area contributed by atoms with Gasteiger partial charge in [-0.05, 0) is 19.1 Å². The summed E-state index contributed by atoms with van der Waals surface area (Å²) in [4.78, 5) is 13.4. The topological polar surface area (TPSA) is 101 Å². The van der Waals surface area contributed by atoms with E-state index < -0.39 is 21.0 Å². The molecular formula is C12H18N2O4S. The van der Waals surface area contributed by atoms with Gasteiger partial charge in [-0.1, -0.05) is 12.1 Å². The second kappa shape index (κ2) is 6.03. The summed E-state index contributed by atoms with van der Waals surface area (Å²) in [5.74, 6) is -0.602. The van der Waals surface area contributed by atoms with E-state index in [0.717, 1.165) is 6.26 Å². The van der Waals surface area contributed by atoms with Crippen LogP contribution in [-0.4, -0.2) is 44.1 Å². The van der Waals surface area contributed by atoms with Crippen molar-refractivity contribution in [1.82, 2.24) is 0 Å². The summed E-state index contributed by atoms with van der Waals surface area (Å²) in [6.07, 6.45) is 1.00. The molecule has 0 heterocycles. The van der Waals surface area contributed by atoms with Crippen LogP contribution in [0.4, 0.5) is 11.4 Å². The van der Waals surface area contributed by atoms with E-state index in [-0.39, 0.29) is 13.2 Å². The Bertz CT molecular complexity index is 557. The van der Waals surface area contributed by atoms with Crippen molar-refractivity contribution >= 4 is 27.1 Å². The Kier molecular flexibility index (Phi) is 4.90. The zero-order valence-corrected chi connectivity index (χ0v) is 11.7. The number of aliphatic hydroxyl groups is 1. The highest BCUT2D eigenvalue weighted by molar-refractivity contribution is 7.92. The molecule has 7 heteroatoms. The number of carbonyl (C=O) groups is 1. The smallest absolute Gasteiger partial charge is 0.245 e. The number of nitrogens with zero attached hydrogens (tertiary/aromatic N) is 1. The molecule has 0 saturated heterocycles. The van der Waals surface area contributed by atoms with Crippen molar-refractivity contribution in [3.8, 4) is 0 Å². The van der Waals surface area contributed by atoms with Gasteiger partial charge in [0.05, 0.1) is 18.0 Å². The molecule has 1 rings (SSSR count). The zero-order valence-electron chi connectivity index (χ0n) is 10.9. The highest BCUT2D eigenvalue weighted by Crippen LogP contribution is 2.23. The molecule has 1 aromatic carbocycles. The Morgan fingerprint density at radius 1 is 1.42 bits per heavy atom. The van der Waals surface area contributed by atoms with Crippen LogP contribution in [0.2, 0.25) is 0 Å². The summed E-state index contributed by atoms with van der Waals surface area (Å²) in [6, 6.07) is 6.62. The Labute approximate surface area is 112 Å². The van der Waals surface area contributed by atoms with E-state index >= 15 is 0 Å². The average molecular weight is 286 g/mol. The molecule has 1 aromatic rings. The maximum absolute atomic E-state index is 12.2. The average Bonchev–Trinajstić information content (AvgIpc) is 2.34. The van der Waals surface area contributed by atoms with Gasteiger partial charge in [-0.3, -0.25) is 4.79 Å². The molecule has 0 spiro atoms. The zero-order chi connectivity index (χ0) is 14.6. The third kappa shape index (κ3) is 3.68. The van der Waals surface area contributed by atoms with Gasteiger partial charge in [0.15, 0.2) is 9.84 Å². The van der Waals surface area contributed by atoms with Crippen molar-refractivity contribution in [1.29, 1.82) is 0 Å². The number of carbonyl (C=O) groups excluding carboxylic acids is 1. The normalized spacial score (nSPS) is 13.0. The Hall–Kier alpha value is -1.60. The fraction of sp³-hybridized carbons (Fsp3) is 0.417. The highest BCUT2D eigenvalue weighted by atomic mass is 32.2. The molecule has 0 aliphatic heterocycles. The summed E-state index contributed by atoms with van der Waals surface area (Å²) >= 11 is 0. The third-order valence-electron chi connectivity index (χ3n) is 2.81. The van der Waals surface area contributed by atoms with Gasteiger partial charge in [-0.25, -0.2) is 8.42 Å². The van der Waals surface area contributed by atoms with Crippen LogP contribution in [-0.2, 0) is 14.6 Å². The maximum Gasteiger partial charge on any atom is 0.245 e. The van der Waals surface area contributed by atoms with Crippen molar-refractivity contribution in [2.45, 2.75) is 12.2 Å². The van der Waals surface area contributed by atoms with Crippen LogP contribution >= 0.6 is 0 Å². The van der Waals surface area contributed by atoms with Crippen LogP contribution in [0, 0.1) is 0 Å². The van der Waals surface area contributed by atoms with E-state index in [1.165, 1.54) is 11.8 Å². The monoisotopic (exact) mass is 286 g/mol. The quantitative estimate of drug-likeness (QED) is 0.744. The number of nitrogen functional groups attached to an aromatic ring is 1. The van der Waals surface area contributed by atoms with Crippen LogP contribution in [0.15, 0.2) is 24.3 Å². The van der Waals surface area contributed by atoms with Crippen molar-refractivity contribution < 1.29 is 18.3 Å². The number of hydrogen-bond donors (Lipinski definition) is 2. The first-order valence-corrected chi connectivity index (χ1v) is 7.70. The van der Waals surface area contributed by atoms with Gasteiger partial charge in [0.25, 0.3) is 0 Å². The first-order chi connectivity index (χ1) is 8.79. The number of anilines is 2. The first-order valence-electron chi connectivity index (χ1n) is 5.74. The fourth-order valence-corrected chi connectivity index (χ4v) is 2.08. The number of para-hydroxylation sites is 2. The van der Waals surface area contributed by atoms with Gasteiger partial charge in [0.1, 0.15) is 5.25 Å². The summed E-state index contributed by atoms with van der Waals surface area (Å²) in [7, 11) is -3.50. The van der Waals surface area contributed by atoms with E-state index in [9.17, 15) is 13.2 Å². The standard InChI is InChI=1S/C12H18N2O4S/c1-9(19(2,17)18)12(16)14(7-8-15)11-6-4-3-5-10(11)13/h3-6,9,15H,7-8,13H2,1-2H3. The molecule has 0 saturated carbocycles. The number of rotatable bonds is 5. The van der Waals surface area contributed by atoms with E-state index in [1.807, 2.05) is 0 Å². The molecule has 1 amide bonds. The SMILES string of the molecule is CC(C(=O)N(CCO)c1ccccc1N)S(C)(=O)=O. The van der Waals surface area contributed by atoms with Gasteiger partial charge in [0.2, 0.25) is 5.91 Å². The fourth-order valence-electron chi connectivity index (χ4n) is 1.59. The third-order valence-corrected chi connectivity index (χ3v) is 4.29. The van der Waals surface area contributed by atoms with Crippen LogP contribution in [0.25, 0.3) is 0 Å². The predicted molar refractivity (Wildman–Crippen MR) is 74.6 cm³/mol. The molecule has 0 radical (unpaired) electrons. The number of nitrogens with two attached hydrogens (primary N) is 1. The number of benzene rings is 1. The molecule has 3 N–H and O–H groups in total. The molecule has 0 aliphatic carbocycles. The maximum atomic E-state index is 12.2. The van der Waals surface area contributed by atoms with E-state index in [1.54, 1.807) is 24.3 Å². The highest BCUT2D eigenvalue weighted by Gasteiger charge is 2.29. The lowest BCUT2D eigenvalue weighted by Gasteiger charge is -2.25. The largest absolute Gasteiger partial charge is 0.397 e. The molecule has 106 valence electrons. The molecule has 1 atom stereocenters. The molecule has 0 aliphatic rings. The van der Waals surface area contributed by atoms with Gasteiger partial charge < -0.3 is 15.7 Å². The minimum atomic E-state index is -3.50. The van der Waals surface area contributed by atoms with E-state index in [0.29, 0.717) is 11.4 Å². The summed E-state index contributed by atoms with van der Waals surface area (Å²) in [5.41, 5.74) is 6.53. The van der Waals surface area contributed by atoms with Crippen LogP contribution in [0.1, 0.15) is 6.92 Å². The van der Waals surface area contributed by atoms with Gasteiger partial charge in [-0.2, -0.15) is 0 Å². The van der Waals surface area contributed by atoms with Gasteiger partial charge in [0, 0.05) is 12.8 Å². The first kappa shape index (κ1) is 15.5. The Morgan fingerprint density at radius 2 is 2.00 bits per heavy atom. The van der Waals surface area contributed by atoms with Crippen LogP contribution in [0.3, 0.4) is 0 Å². The predicted octanol–water partition coefficient (Wildman–Crippen LogP) is 0.0272. The van der Waals surface area contributed by atoms with Crippen molar-refractivity contribution in [3.05, 3.63) is 24.3 Å². The van der Waals surface area contributed by atoms with Crippen LogP contribution in [0.5, 0.6) is 0 Å². The lowest BCUT2D eigenvalue weighted by molar-refractivity contribution is -0.118. The van der Waals surface area contributed by atoms with E-state index in [2.05, 4.69) is 0 Å². The van der Waals surface area contributed by atoms with Crippen molar-refractivity contribution in [2.75, 3.05) is 30.0 Å². The number of sulfone groups is 1. The minimum absolute atomic E-state index is 0.00704. The van der Waals surface area contributed by atoms with Crippen molar-refractivity contribution in [2.24, 2.45) is 0 Å². The molecule has 0 fully saturated rings. The Morgan fingerprint density at radius 3 is 2.47 bits per heavy atom. The number of hydrogen-bond acceptors (Lipinski definition) is 5. The molecule has 19 heavy (non-hydrogen) atoms. The minimum Gasteiger partial charge on any atom is -0.397 e. The number of aliphatic hydroxyl groups excluding tert-OH is 1. The summed E-state index contributed by atoms with van der Waals surface area (Å²) in [6.45, 7) is 1.03. The summed E-state index contributed by atoms with van der Waals surface area (Å²) < 4.78 is 22.9. The van der Waals surface area contributed by atoms with Gasteiger partial charge in [-0.15, -0.1) is 0 Å². The molecule has 0 bridgehead atoms. The van der Waals surface area contributed by atoms with Crippen molar-refractivity contribution in [3.63, 3.8) is 0 Å². The molecule has 1 unspecified atom stereocenters. The Balaban J connectivity index is 3.16. The molecular weight excluding hydrogens is 268 g/mol. The second-order valence-electron chi connectivity index (χ2n) is 4.24. The number of amides is 1. The lowest BCUT2D eigenvalue weighted by Crippen LogP contribution is -2.43. The van der Waals surface area contributed by atoms with Gasteiger partial charge >= 0.3 is 0 Å². The summed E-state index contributed by atoms with van der Waals surface area (Å²) in [5, 5.41) is 7.86. The second-order valence-corrected chi connectivity index (χ2v) is 6.61. The van der Waals surface area contributed by atoms with E-state index in [4.69, 9.17) is 10.8 Å². The van der Waals surface area contributed by atoms with Crippen LogP contribution < -0.4 is 10.6 Å². The molecule has 6 nitrogen and oxygen atoms in total. The lowest BCUT2D eigenvalue weighted by atomic mass is 10.2.